The predicted octanol–water partition coefficient (Wildman–Crippen LogP) is 4.92. The number of nitrogens with zero attached hydrogens (tertiary/aromatic N) is 1. The van der Waals surface area contributed by atoms with Gasteiger partial charge in [-0.1, -0.05) is 23.2 Å². The summed E-state index contributed by atoms with van der Waals surface area (Å²) in [4.78, 5) is 14.9. The van der Waals surface area contributed by atoms with Crippen LogP contribution in [0.1, 0.15) is 31.0 Å². The van der Waals surface area contributed by atoms with Gasteiger partial charge in [0.1, 0.15) is 5.75 Å². The van der Waals surface area contributed by atoms with Crippen molar-refractivity contribution in [1.82, 2.24) is 4.90 Å². The zero-order chi connectivity index (χ0) is 20.4. The molecule has 0 aliphatic carbocycles. The molecule has 0 saturated carbocycles. The Morgan fingerprint density at radius 2 is 1.79 bits per heavy atom. The Morgan fingerprint density at radius 3 is 2.43 bits per heavy atom. The molecule has 0 N–H and O–H groups in total. The number of rotatable bonds is 5. The first kappa shape index (κ1) is 20.6. The van der Waals surface area contributed by atoms with Crippen molar-refractivity contribution in [3.8, 4) is 17.2 Å². The van der Waals surface area contributed by atoms with E-state index in [9.17, 15) is 4.79 Å². The van der Waals surface area contributed by atoms with E-state index >= 15 is 0 Å². The molecule has 150 valence electrons. The Hall–Kier alpha value is -2.11. The van der Waals surface area contributed by atoms with Crippen LogP contribution in [0.3, 0.4) is 0 Å². The summed E-state index contributed by atoms with van der Waals surface area (Å²) in [6.45, 7) is 4.33. The molecule has 1 aliphatic rings. The maximum Gasteiger partial charge on any atom is 0.263 e. The van der Waals surface area contributed by atoms with Crippen LogP contribution in [0.5, 0.6) is 17.2 Å². The second-order valence-electron chi connectivity index (χ2n) is 6.70. The van der Waals surface area contributed by atoms with Gasteiger partial charge in [-0.2, -0.15) is 0 Å². The number of hydrogen-bond acceptors (Lipinski definition) is 4. The molecule has 5 nitrogen and oxygen atoms in total. The molecule has 3 rings (SSSR count). The number of benzene rings is 2. The third-order valence-electron chi connectivity index (χ3n) is 5.01. The highest BCUT2D eigenvalue weighted by Gasteiger charge is 2.32. The van der Waals surface area contributed by atoms with Crippen LogP contribution in [-0.2, 0) is 11.2 Å². The molecule has 0 radical (unpaired) electrons. The van der Waals surface area contributed by atoms with Crippen molar-refractivity contribution in [2.75, 3.05) is 20.8 Å². The first-order chi connectivity index (χ1) is 13.3. The van der Waals surface area contributed by atoms with Crippen LogP contribution >= 0.6 is 23.2 Å². The SMILES string of the molecule is COc1cc2c(cc1OC)[C@@H](C)N(C(=O)[C@@H](C)Oc1ccc(Cl)cc1Cl)CC2. The molecule has 7 heteroatoms. The fourth-order valence-corrected chi connectivity index (χ4v) is 3.94. The van der Waals surface area contributed by atoms with Gasteiger partial charge in [0.15, 0.2) is 17.6 Å². The molecule has 1 heterocycles. The zero-order valence-corrected chi connectivity index (χ0v) is 17.8. The fraction of sp³-hybridized carbons (Fsp3) is 0.381. The van der Waals surface area contributed by atoms with Crippen LogP contribution in [-0.4, -0.2) is 37.7 Å². The van der Waals surface area contributed by atoms with E-state index in [1.165, 1.54) is 0 Å². The summed E-state index contributed by atoms with van der Waals surface area (Å²) in [5.41, 5.74) is 2.21. The number of hydrogen-bond donors (Lipinski definition) is 0. The number of amides is 1. The molecular formula is C21H23Cl2NO4. The van der Waals surface area contributed by atoms with Crippen LogP contribution in [0.25, 0.3) is 0 Å². The normalized spacial score (nSPS) is 16.9. The molecule has 1 aliphatic heterocycles. The zero-order valence-electron chi connectivity index (χ0n) is 16.3. The largest absolute Gasteiger partial charge is 0.493 e. The van der Waals surface area contributed by atoms with Crippen LogP contribution in [0, 0.1) is 0 Å². The number of fused-ring (bicyclic) bond motifs is 1. The van der Waals surface area contributed by atoms with Crippen molar-refractivity contribution in [3.63, 3.8) is 0 Å². The lowest BCUT2D eigenvalue weighted by molar-refractivity contribution is -0.140. The molecule has 0 bridgehead atoms. The van der Waals surface area contributed by atoms with Crippen molar-refractivity contribution in [2.24, 2.45) is 0 Å². The third-order valence-corrected chi connectivity index (χ3v) is 5.54. The topological polar surface area (TPSA) is 48.0 Å². The summed E-state index contributed by atoms with van der Waals surface area (Å²) in [6, 6.07) is 8.76. The van der Waals surface area contributed by atoms with Gasteiger partial charge in [-0.15, -0.1) is 0 Å². The molecule has 0 saturated heterocycles. The highest BCUT2D eigenvalue weighted by Crippen LogP contribution is 2.38. The van der Waals surface area contributed by atoms with Gasteiger partial charge < -0.3 is 19.1 Å². The molecule has 0 spiro atoms. The Kier molecular flexibility index (Phi) is 6.26. The van der Waals surface area contributed by atoms with Crippen LogP contribution in [0.2, 0.25) is 10.0 Å². The van der Waals surface area contributed by atoms with Gasteiger partial charge in [-0.05, 0) is 61.7 Å². The minimum atomic E-state index is -0.678. The van der Waals surface area contributed by atoms with E-state index in [0.29, 0.717) is 33.8 Å². The van der Waals surface area contributed by atoms with Crippen LogP contribution in [0.15, 0.2) is 30.3 Å². The van der Waals surface area contributed by atoms with Gasteiger partial charge in [-0.3, -0.25) is 4.79 Å². The lowest BCUT2D eigenvalue weighted by atomic mass is 9.92. The monoisotopic (exact) mass is 423 g/mol. The van der Waals surface area contributed by atoms with Crippen molar-refractivity contribution < 1.29 is 19.0 Å². The summed E-state index contributed by atoms with van der Waals surface area (Å²) in [5.74, 6) is 1.68. The highest BCUT2D eigenvalue weighted by molar-refractivity contribution is 6.35. The standard InChI is InChI=1S/C21H23Cl2NO4/c1-12-16-11-20(27-4)19(26-3)9-14(16)7-8-24(12)21(25)13(2)28-18-6-5-15(22)10-17(18)23/h5-6,9-13H,7-8H2,1-4H3/t12-,13-/m1/s1. The Labute approximate surface area is 175 Å². The maximum atomic E-state index is 13.1. The number of ether oxygens (including phenoxy) is 3. The first-order valence-electron chi connectivity index (χ1n) is 9.02. The Bertz CT molecular complexity index is 887. The third kappa shape index (κ3) is 4.01. The van der Waals surface area contributed by atoms with Gasteiger partial charge in [0.25, 0.3) is 5.91 Å². The van der Waals surface area contributed by atoms with E-state index in [2.05, 4.69) is 0 Å². The van der Waals surface area contributed by atoms with Crippen molar-refractivity contribution in [2.45, 2.75) is 32.4 Å². The van der Waals surface area contributed by atoms with E-state index in [1.807, 2.05) is 24.0 Å². The second kappa shape index (κ2) is 8.50. The van der Waals surface area contributed by atoms with Crippen molar-refractivity contribution >= 4 is 29.1 Å². The van der Waals surface area contributed by atoms with Gasteiger partial charge in [0.05, 0.1) is 25.3 Å². The lowest BCUT2D eigenvalue weighted by Gasteiger charge is -2.37. The highest BCUT2D eigenvalue weighted by atomic mass is 35.5. The number of carbonyl (C=O) groups is 1. The number of carbonyl (C=O) groups excluding carboxylic acids is 1. The van der Waals surface area contributed by atoms with Gasteiger partial charge >= 0.3 is 0 Å². The smallest absolute Gasteiger partial charge is 0.263 e. The quantitative estimate of drug-likeness (QED) is 0.684. The average Bonchev–Trinajstić information content (AvgIpc) is 2.69. The summed E-state index contributed by atoms with van der Waals surface area (Å²) in [7, 11) is 3.22. The molecule has 0 unspecified atom stereocenters. The minimum Gasteiger partial charge on any atom is -0.493 e. The molecule has 2 atom stereocenters. The summed E-state index contributed by atoms with van der Waals surface area (Å²) in [6.07, 6.45) is 0.0584. The van der Waals surface area contributed by atoms with E-state index in [1.54, 1.807) is 39.3 Å². The Morgan fingerprint density at radius 1 is 1.11 bits per heavy atom. The number of halogens is 2. The van der Waals surface area contributed by atoms with E-state index in [-0.39, 0.29) is 11.9 Å². The Balaban J connectivity index is 1.79. The molecule has 2 aromatic rings. The van der Waals surface area contributed by atoms with Gasteiger partial charge in [0.2, 0.25) is 0 Å². The van der Waals surface area contributed by atoms with E-state index in [4.69, 9.17) is 37.4 Å². The molecule has 2 aromatic carbocycles. The van der Waals surface area contributed by atoms with Crippen molar-refractivity contribution in [3.05, 3.63) is 51.5 Å². The molecule has 28 heavy (non-hydrogen) atoms. The second-order valence-corrected chi connectivity index (χ2v) is 7.54. The van der Waals surface area contributed by atoms with Crippen molar-refractivity contribution in [1.29, 1.82) is 0 Å². The van der Waals surface area contributed by atoms with E-state index in [0.717, 1.165) is 17.5 Å². The molecule has 0 aromatic heterocycles. The summed E-state index contributed by atoms with van der Waals surface area (Å²) < 4.78 is 16.6. The average molecular weight is 424 g/mol. The first-order valence-corrected chi connectivity index (χ1v) is 9.78. The lowest BCUT2D eigenvalue weighted by Crippen LogP contribution is -2.45. The number of methoxy groups -OCH3 is 2. The summed E-state index contributed by atoms with van der Waals surface area (Å²) >= 11 is 12.1. The van der Waals surface area contributed by atoms with Crippen LogP contribution < -0.4 is 14.2 Å². The molecule has 0 fully saturated rings. The van der Waals surface area contributed by atoms with Gasteiger partial charge in [-0.25, -0.2) is 0 Å². The maximum absolute atomic E-state index is 13.1. The summed E-state index contributed by atoms with van der Waals surface area (Å²) in [5, 5.41) is 0.892. The van der Waals surface area contributed by atoms with Crippen LogP contribution in [0.4, 0.5) is 0 Å². The minimum absolute atomic E-state index is 0.0982. The van der Waals surface area contributed by atoms with E-state index < -0.39 is 6.10 Å². The molecular weight excluding hydrogens is 401 g/mol. The fourth-order valence-electron chi connectivity index (χ4n) is 3.49. The van der Waals surface area contributed by atoms with Gasteiger partial charge in [0, 0.05) is 11.6 Å². The molecule has 1 amide bonds. The predicted molar refractivity (Wildman–Crippen MR) is 110 cm³/mol.